The zero-order chi connectivity index (χ0) is 15.0. The van der Waals surface area contributed by atoms with Crippen molar-refractivity contribution < 1.29 is 4.79 Å². The predicted octanol–water partition coefficient (Wildman–Crippen LogP) is 2.20. The minimum atomic E-state index is -0.00680. The van der Waals surface area contributed by atoms with Gasteiger partial charge < -0.3 is 4.90 Å². The van der Waals surface area contributed by atoms with Gasteiger partial charge in [0.05, 0.1) is 5.69 Å². The van der Waals surface area contributed by atoms with Gasteiger partial charge in [-0.1, -0.05) is 33.3 Å². The SMILES string of the molecule is Cc1c(C(=O)N2CC(Cc3ccc(Br)cc3)C2)nnn1C. The normalized spacial score (nSPS) is 15.1. The zero-order valence-electron chi connectivity index (χ0n) is 12.1. The lowest BCUT2D eigenvalue weighted by Crippen LogP contribution is -2.51. The number of nitrogens with zero attached hydrogens (tertiary/aromatic N) is 4. The molecule has 2 heterocycles. The standard InChI is InChI=1S/C15H17BrN4O/c1-10-14(17-18-19(10)2)15(21)20-8-12(9-20)7-11-3-5-13(16)6-4-11/h3-6,12H,7-9H2,1-2H3. The van der Waals surface area contributed by atoms with Crippen LogP contribution in [0, 0.1) is 12.8 Å². The summed E-state index contributed by atoms with van der Waals surface area (Å²) in [4.78, 5) is 14.2. The topological polar surface area (TPSA) is 51.0 Å². The molecule has 1 aliphatic rings. The fourth-order valence-electron chi connectivity index (χ4n) is 2.57. The van der Waals surface area contributed by atoms with E-state index >= 15 is 0 Å². The summed E-state index contributed by atoms with van der Waals surface area (Å²) in [6.07, 6.45) is 1.01. The van der Waals surface area contributed by atoms with Crippen molar-refractivity contribution >= 4 is 21.8 Å². The van der Waals surface area contributed by atoms with Crippen molar-refractivity contribution in [2.75, 3.05) is 13.1 Å². The van der Waals surface area contributed by atoms with Crippen LogP contribution in [0.15, 0.2) is 28.7 Å². The van der Waals surface area contributed by atoms with Gasteiger partial charge in [-0.05, 0) is 37.0 Å². The number of halogens is 1. The van der Waals surface area contributed by atoms with E-state index in [0.29, 0.717) is 11.6 Å². The molecule has 0 radical (unpaired) electrons. The minimum absolute atomic E-state index is 0.00680. The van der Waals surface area contributed by atoms with E-state index in [1.54, 1.807) is 11.7 Å². The van der Waals surface area contributed by atoms with Crippen molar-refractivity contribution in [1.82, 2.24) is 19.9 Å². The van der Waals surface area contributed by atoms with E-state index in [4.69, 9.17) is 0 Å². The molecule has 0 aliphatic carbocycles. The van der Waals surface area contributed by atoms with Crippen molar-refractivity contribution in [1.29, 1.82) is 0 Å². The first-order chi connectivity index (χ1) is 10.0. The van der Waals surface area contributed by atoms with Gasteiger partial charge >= 0.3 is 0 Å². The second-order valence-electron chi connectivity index (χ2n) is 5.55. The maximum Gasteiger partial charge on any atom is 0.276 e. The molecule has 0 unspecified atom stereocenters. The molecule has 1 aliphatic heterocycles. The number of likely N-dealkylation sites (tertiary alicyclic amines) is 1. The zero-order valence-corrected chi connectivity index (χ0v) is 13.7. The Hall–Kier alpha value is -1.69. The molecule has 1 aromatic heterocycles. The quantitative estimate of drug-likeness (QED) is 0.854. The number of aromatic nitrogens is 3. The molecule has 0 N–H and O–H groups in total. The Morgan fingerprint density at radius 2 is 2.00 bits per heavy atom. The number of carbonyl (C=O) groups excluding carboxylic acids is 1. The van der Waals surface area contributed by atoms with Gasteiger partial charge in [-0.25, -0.2) is 0 Å². The minimum Gasteiger partial charge on any atom is -0.336 e. The summed E-state index contributed by atoms with van der Waals surface area (Å²) in [7, 11) is 1.80. The number of carbonyl (C=O) groups is 1. The van der Waals surface area contributed by atoms with E-state index in [9.17, 15) is 4.79 Å². The third-order valence-electron chi connectivity index (χ3n) is 3.99. The molecule has 0 atom stereocenters. The molecule has 0 saturated carbocycles. The second kappa shape index (κ2) is 5.60. The predicted molar refractivity (Wildman–Crippen MR) is 83.0 cm³/mol. The van der Waals surface area contributed by atoms with E-state index < -0.39 is 0 Å². The Balaban J connectivity index is 1.57. The molecule has 21 heavy (non-hydrogen) atoms. The average Bonchev–Trinajstić information content (AvgIpc) is 2.75. The number of benzene rings is 1. The molecule has 5 nitrogen and oxygen atoms in total. The maximum absolute atomic E-state index is 12.3. The van der Waals surface area contributed by atoms with Crippen molar-refractivity contribution in [2.24, 2.45) is 13.0 Å². The van der Waals surface area contributed by atoms with Crippen LogP contribution in [0.4, 0.5) is 0 Å². The van der Waals surface area contributed by atoms with Crippen LogP contribution in [0.5, 0.6) is 0 Å². The Morgan fingerprint density at radius 3 is 2.57 bits per heavy atom. The van der Waals surface area contributed by atoms with Gasteiger partial charge in [-0.2, -0.15) is 0 Å². The number of rotatable bonds is 3. The first kappa shape index (κ1) is 14.3. The van der Waals surface area contributed by atoms with Crippen LogP contribution >= 0.6 is 15.9 Å². The third kappa shape index (κ3) is 2.85. The van der Waals surface area contributed by atoms with Crippen LogP contribution in [0.1, 0.15) is 21.7 Å². The van der Waals surface area contributed by atoms with Gasteiger partial charge in [0.15, 0.2) is 5.69 Å². The van der Waals surface area contributed by atoms with E-state index in [1.807, 2.05) is 11.8 Å². The molecule has 2 aromatic rings. The van der Waals surface area contributed by atoms with Crippen LogP contribution < -0.4 is 0 Å². The molecular weight excluding hydrogens is 332 g/mol. The summed E-state index contributed by atoms with van der Waals surface area (Å²) >= 11 is 3.44. The lowest BCUT2D eigenvalue weighted by atomic mass is 9.92. The largest absolute Gasteiger partial charge is 0.336 e. The summed E-state index contributed by atoms with van der Waals surface area (Å²) in [5.74, 6) is 0.528. The highest BCUT2D eigenvalue weighted by Crippen LogP contribution is 2.23. The van der Waals surface area contributed by atoms with Gasteiger partial charge in [0.25, 0.3) is 5.91 Å². The number of hydrogen-bond donors (Lipinski definition) is 0. The van der Waals surface area contributed by atoms with E-state index in [2.05, 4.69) is 50.5 Å². The average molecular weight is 349 g/mol. The molecule has 1 aromatic carbocycles. The molecule has 1 saturated heterocycles. The summed E-state index contributed by atoms with van der Waals surface area (Å²) in [6, 6.07) is 8.36. The van der Waals surface area contributed by atoms with Crippen molar-refractivity contribution in [2.45, 2.75) is 13.3 Å². The molecule has 6 heteroatoms. The maximum atomic E-state index is 12.3. The van der Waals surface area contributed by atoms with Crippen molar-refractivity contribution in [3.05, 3.63) is 45.7 Å². The van der Waals surface area contributed by atoms with E-state index in [0.717, 1.165) is 29.7 Å². The summed E-state index contributed by atoms with van der Waals surface area (Å²) in [6.45, 7) is 3.46. The fourth-order valence-corrected chi connectivity index (χ4v) is 2.83. The smallest absolute Gasteiger partial charge is 0.276 e. The summed E-state index contributed by atoms with van der Waals surface area (Å²) < 4.78 is 2.72. The van der Waals surface area contributed by atoms with Crippen LogP contribution in [0.3, 0.4) is 0 Å². The van der Waals surface area contributed by atoms with Crippen molar-refractivity contribution in [3.63, 3.8) is 0 Å². The highest BCUT2D eigenvalue weighted by atomic mass is 79.9. The summed E-state index contributed by atoms with van der Waals surface area (Å²) in [5, 5.41) is 7.84. The highest BCUT2D eigenvalue weighted by molar-refractivity contribution is 9.10. The molecule has 1 amide bonds. The lowest BCUT2D eigenvalue weighted by molar-refractivity contribution is 0.0494. The van der Waals surface area contributed by atoms with Gasteiger partial charge in [-0.15, -0.1) is 5.10 Å². The first-order valence-electron chi connectivity index (χ1n) is 6.94. The van der Waals surface area contributed by atoms with Crippen molar-refractivity contribution in [3.8, 4) is 0 Å². The van der Waals surface area contributed by atoms with Gasteiger partial charge in [-0.3, -0.25) is 9.48 Å². The third-order valence-corrected chi connectivity index (χ3v) is 4.52. The van der Waals surface area contributed by atoms with E-state index in [1.165, 1.54) is 5.56 Å². The molecule has 0 spiro atoms. The molecule has 1 fully saturated rings. The van der Waals surface area contributed by atoms with Gasteiger partial charge in [0.1, 0.15) is 0 Å². The Bertz CT molecular complexity index is 659. The Labute approximate surface area is 132 Å². The monoisotopic (exact) mass is 348 g/mol. The molecular formula is C15H17BrN4O. The Kier molecular flexibility index (Phi) is 3.80. The van der Waals surface area contributed by atoms with Crippen LogP contribution in [0.25, 0.3) is 0 Å². The first-order valence-corrected chi connectivity index (χ1v) is 7.74. The Morgan fingerprint density at radius 1 is 1.33 bits per heavy atom. The van der Waals surface area contributed by atoms with Crippen LogP contribution in [-0.4, -0.2) is 38.9 Å². The molecule has 0 bridgehead atoms. The van der Waals surface area contributed by atoms with Gasteiger partial charge in [0, 0.05) is 24.6 Å². The lowest BCUT2D eigenvalue weighted by Gasteiger charge is -2.39. The van der Waals surface area contributed by atoms with E-state index in [-0.39, 0.29) is 5.91 Å². The number of amides is 1. The molecule has 110 valence electrons. The highest BCUT2D eigenvalue weighted by Gasteiger charge is 2.33. The van der Waals surface area contributed by atoms with Gasteiger partial charge in [0.2, 0.25) is 0 Å². The second-order valence-corrected chi connectivity index (χ2v) is 6.47. The molecule has 3 rings (SSSR count). The number of aryl methyl sites for hydroxylation is 1. The summed E-state index contributed by atoms with van der Waals surface area (Å²) in [5.41, 5.74) is 2.60. The van der Waals surface area contributed by atoms with Crippen LogP contribution in [-0.2, 0) is 13.5 Å². The fraction of sp³-hybridized carbons (Fsp3) is 0.400. The van der Waals surface area contributed by atoms with Crippen LogP contribution in [0.2, 0.25) is 0 Å². The number of hydrogen-bond acceptors (Lipinski definition) is 3.